The number of likely N-dealkylation sites (N-methyl/N-ethyl adjacent to an activating group) is 1. The number of nitrogens with one attached hydrogen (secondary N) is 1. The predicted octanol–water partition coefficient (Wildman–Crippen LogP) is 2.18. The second kappa shape index (κ2) is 6.29. The molecule has 0 unspecified atom stereocenters. The molecule has 0 aliphatic rings. The molecule has 2 rings (SSSR count). The van der Waals surface area contributed by atoms with Crippen molar-refractivity contribution in [2.45, 2.75) is 13.3 Å². The van der Waals surface area contributed by atoms with Crippen molar-refractivity contribution in [2.75, 3.05) is 23.8 Å². The number of rotatable bonds is 5. The highest BCUT2D eigenvalue weighted by Gasteiger charge is 2.16. The summed E-state index contributed by atoms with van der Waals surface area (Å²) in [5, 5.41) is 12.3. The molecule has 0 saturated carbocycles. The van der Waals surface area contributed by atoms with Crippen molar-refractivity contribution in [3.05, 3.63) is 35.3 Å². The van der Waals surface area contributed by atoms with Gasteiger partial charge in [-0.15, -0.1) is 10.2 Å². The lowest BCUT2D eigenvalue weighted by molar-refractivity contribution is -0.117. The molecule has 0 aliphatic carbocycles. The van der Waals surface area contributed by atoms with E-state index in [1.165, 1.54) is 11.3 Å². The molecule has 6 heteroatoms. The standard InChI is InChI=1S/C13H16N4OS/c1-3-17(10-7-5-4-6-8-10)12(18)9-11-15-16-13(14-2)19-11/h4-8H,3,9H2,1-2H3,(H,14,16). The van der Waals surface area contributed by atoms with Crippen LogP contribution in [0.25, 0.3) is 0 Å². The van der Waals surface area contributed by atoms with Crippen LogP contribution in [0, 0.1) is 0 Å². The van der Waals surface area contributed by atoms with Crippen LogP contribution in [0.4, 0.5) is 10.8 Å². The Labute approximate surface area is 116 Å². The molecule has 1 aromatic carbocycles. The summed E-state index contributed by atoms with van der Waals surface area (Å²) < 4.78 is 0. The van der Waals surface area contributed by atoms with Gasteiger partial charge in [0.1, 0.15) is 5.01 Å². The lowest BCUT2D eigenvalue weighted by Gasteiger charge is -2.20. The van der Waals surface area contributed by atoms with Crippen molar-refractivity contribution in [3.8, 4) is 0 Å². The van der Waals surface area contributed by atoms with Crippen molar-refractivity contribution >= 4 is 28.1 Å². The quantitative estimate of drug-likeness (QED) is 0.909. The van der Waals surface area contributed by atoms with Crippen LogP contribution < -0.4 is 10.2 Å². The Hall–Kier alpha value is -1.95. The van der Waals surface area contributed by atoms with Crippen molar-refractivity contribution in [1.82, 2.24) is 10.2 Å². The van der Waals surface area contributed by atoms with E-state index in [9.17, 15) is 4.79 Å². The van der Waals surface area contributed by atoms with Gasteiger partial charge in [-0.25, -0.2) is 0 Å². The topological polar surface area (TPSA) is 58.1 Å². The Morgan fingerprint density at radius 2 is 2.05 bits per heavy atom. The summed E-state index contributed by atoms with van der Waals surface area (Å²) in [5.41, 5.74) is 0.911. The molecule has 2 aromatic rings. The molecule has 1 amide bonds. The molecule has 0 fully saturated rings. The number of anilines is 2. The first-order valence-electron chi connectivity index (χ1n) is 6.10. The molecule has 0 radical (unpaired) electrons. The Morgan fingerprint density at radius 3 is 2.63 bits per heavy atom. The van der Waals surface area contributed by atoms with Gasteiger partial charge < -0.3 is 10.2 Å². The van der Waals surface area contributed by atoms with E-state index in [2.05, 4.69) is 15.5 Å². The van der Waals surface area contributed by atoms with Crippen molar-refractivity contribution in [2.24, 2.45) is 0 Å². The van der Waals surface area contributed by atoms with Gasteiger partial charge in [0.05, 0.1) is 6.42 Å². The molecule has 0 atom stereocenters. The summed E-state index contributed by atoms with van der Waals surface area (Å²) in [5.74, 6) is 0.0347. The predicted molar refractivity (Wildman–Crippen MR) is 77.6 cm³/mol. The molecular weight excluding hydrogens is 260 g/mol. The second-order valence-corrected chi connectivity index (χ2v) is 4.96. The van der Waals surface area contributed by atoms with E-state index in [1.807, 2.05) is 37.3 Å². The van der Waals surface area contributed by atoms with Gasteiger partial charge in [-0.3, -0.25) is 4.79 Å². The maximum atomic E-state index is 12.3. The molecular formula is C13H16N4OS. The minimum Gasteiger partial charge on any atom is -0.363 e. The fraction of sp³-hybridized carbons (Fsp3) is 0.308. The molecule has 1 N–H and O–H groups in total. The summed E-state index contributed by atoms with van der Waals surface area (Å²) in [4.78, 5) is 14.0. The van der Waals surface area contributed by atoms with Gasteiger partial charge in [-0.05, 0) is 19.1 Å². The molecule has 0 saturated heterocycles. The normalized spacial score (nSPS) is 10.2. The number of amides is 1. The maximum absolute atomic E-state index is 12.3. The first-order chi connectivity index (χ1) is 9.24. The number of aromatic nitrogens is 2. The summed E-state index contributed by atoms with van der Waals surface area (Å²) in [6, 6.07) is 9.65. The molecule has 19 heavy (non-hydrogen) atoms. The first kappa shape index (κ1) is 13.5. The molecule has 1 heterocycles. The third-order valence-electron chi connectivity index (χ3n) is 2.67. The summed E-state index contributed by atoms with van der Waals surface area (Å²) >= 11 is 1.40. The van der Waals surface area contributed by atoms with Crippen LogP contribution in [0.5, 0.6) is 0 Å². The largest absolute Gasteiger partial charge is 0.363 e. The fourth-order valence-corrected chi connectivity index (χ4v) is 2.45. The van der Waals surface area contributed by atoms with Crippen molar-refractivity contribution in [1.29, 1.82) is 0 Å². The zero-order chi connectivity index (χ0) is 13.7. The minimum absolute atomic E-state index is 0.0347. The van der Waals surface area contributed by atoms with E-state index < -0.39 is 0 Å². The Bertz CT molecular complexity index is 541. The van der Waals surface area contributed by atoms with Crippen LogP contribution in [0.15, 0.2) is 30.3 Å². The van der Waals surface area contributed by atoms with Crippen LogP contribution in [0.3, 0.4) is 0 Å². The van der Waals surface area contributed by atoms with E-state index in [1.54, 1.807) is 11.9 Å². The maximum Gasteiger partial charge on any atom is 0.233 e. The smallest absolute Gasteiger partial charge is 0.233 e. The van der Waals surface area contributed by atoms with Gasteiger partial charge in [-0.2, -0.15) is 0 Å². The van der Waals surface area contributed by atoms with Gasteiger partial charge in [-0.1, -0.05) is 29.5 Å². The van der Waals surface area contributed by atoms with Crippen molar-refractivity contribution < 1.29 is 4.79 Å². The summed E-state index contributed by atoms with van der Waals surface area (Å²) in [6.07, 6.45) is 0.280. The number of nitrogens with zero attached hydrogens (tertiary/aromatic N) is 3. The van der Waals surface area contributed by atoms with Crippen molar-refractivity contribution in [3.63, 3.8) is 0 Å². The van der Waals surface area contributed by atoms with Gasteiger partial charge in [0.25, 0.3) is 0 Å². The van der Waals surface area contributed by atoms with Crippen LogP contribution in [0.1, 0.15) is 11.9 Å². The van der Waals surface area contributed by atoms with Gasteiger partial charge >= 0.3 is 0 Å². The number of hydrogen-bond acceptors (Lipinski definition) is 5. The number of carbonyl (C=O) groups is 1. The number of para-hydroxylation sites is 1. The third-order valence-corrected chi connectivity index (χ3v) is 3.61. The Balaban J connectivity index is 2.09. The molecule has 1 aromatic heterocycles. The van der Waals surface area contributed by atoms with Gasteiger partial charge in [0.2, 0.25) is 11.0 Å². The highest BCUT2D eigenvalue weighted by atomic mass is 32.1. The van der Waals surface area contributed by atoms with Crippen LogP contribution >= 0.6 is 11.3 Å². The highest BCUT2D eigenvalue weighted by Crippen LogP contribution is 2.18. The molecule has 5 nitrogen and oxygen atoms in total. The monoisotopic (exact) mass is 276 g/mol. The van der Waals surface area contributed by atoms with E-state index in [4.69, 9.17) is 0 Å². The van der Waals surface area contributed by atoms with E-state index >= 15 is 0 Å². The van der Waals surface area contributed by atoms with E-state index in [0.29, 0.717) is 6.54 Å². The summed E-state index contributed by atoms with van der Waals surface area (Å²) in [7, 11) is 1.79. The number of carbonyl (C=O) groups excluding carboxylic acids is 1. The molecule has 0 spiro atoms. The number of hydrogen-bond donors (Lipinski definition) is 1. The Kier molecular flexibility index (Phi) is 4.46. The third kappa shape index (κ3) is 3.29. The zero-order valence-corrected chi connectivity index (χ0v) is 11.8. The lowest BCUT2D eigenvalue weighted by Crippen LogP contribution is -2.31. The lowest BCUT2D eigenvalue weighted by atomic mass is 10.2. The highest BCUT2D eigenvalue weighted by molar-refractivity contribution is 7.15. The van der Waals surface area contributed by atoms with Gasteiger partial charge in [0.15, 0.2) is 0 Å². The average Bonchev–Trinajstić information content (AvgIpc) is 2.88. The van der Waals surface area contributed by atoms with E-state index in [0.717, 1.165) is 15.8 Å². The molecule has 0 aliphatic heterocycles. The fourth-order valence-electron chi connectivity index (χ4n) is 1.76. The van der Waals surface area contributed by atoms with E-state index in [-0.39, 0.29) is 12.3 Å². The van der Waals surface area contributed by atoms with Crippen LogP contribution in [-0.2, 0) is 11.2 Å². The molecule has 100 valence electrons. The average molecular weight is 276 g/mol. The summed E-state index contributed by atoms with van der Waals surface area (Å²) in [6.45, 7) is 2.60. The van der Waals surface area contributed by atoms with Crippen LogP contribution in [-0.4, -0.2) is 29.7 Å². The van der Waals surface area contributed by atoms with Gasteiger partial charge in [0, 0.05) is 19.3 Å². The SMILES string of the molecule is CCN(C(=O)Cc1nnc(NC)s1)c1ccccc1. The number of benzene rings is 1. The van der Waals surface area contributed by atoms with Crippen LogP contribution in [0.2, 0.25) is 0 Å². The molecule has 0 bridgehead atoms. The minimum atomic E-state index is 0.0347. The second-order valence-electron chi connectivity index (χ2n) is 3.90. The zero-order valence-electron chi connectivity index (χ0n) is 11.0. The first-order valence-corrected chi connectivity index (χ1v) is 6.91. The Morgan fingerprint density at radius 1 is 1.32 bits per heavy atom.